The summed E-state index contributed by atoms with van der Waals surface area (Å²) in [4.78, 5) is 0. The lowest BCUT2D eigenvalue weighted by Gasteiger charge is -2.15. The van der Waals surface area contributed by atoms with Gasteiger partial charge < -0.3 is 4.74 Å². The van der Waals surface area contributed by atoms with E-state index in [1.165, 1.54) is 16.7 Å². The highest BCUT2D eigenvalue weighted by Gasteiger charge is 2.10. The van der Waals surface area contributed by atoms with Crippen LogP contribution >= 0.6 is 0 Å². The number of ether oxygens (including phenoxy) is 1. The third kappa shape index (κ3) is 2.76. The first-order valence-corrected chi connectivity index (χ1v) is 5.64. The lowest BCUT2D eigenvalue weighted by molar-refractivity contribution is 0.407. The molecular weight excluding hydrogens is 198 g/mol. The maximum Gasteiger partial charge on any atom is 0.122 e. The van der Waals surface area contributed by atoms with E-state index < -0.39 is 0 Å². The van der Waals surface area contributed by atoms with Gasteiger partial charge in [-0.15, -0.1) is 0 Å². The zero-order chi connectivity index (χ0) is 12.1. The molecule has 1 aromatic rings. The van der Waals surface area contributed by atoms with E-state index in [9.17, 15) is 0 Å². The van der Waals surface area contributed by atoms with Gasteiger partial charge in [0.1, 0.15) is 5.75 Å². The highest BCUT2D eigenvalue weighted by molar-refractivity contribution is 5.44. The van der Waals surface area contributed by atoms with Gasteiger partial charge in [-0.1, -0.05) is 19.9 Å². The fraction of sp³-hybridized carbons (Fsp3) is 0.500. The summed E-state index contributed by atoms with van der Waals surface area (Å²) in [6.45, 7) is 6.38. The van der Waals surface area contributed by atoms with Gasteiger partial charge in [0.2, 0.25) is 0 Å². The van der Waals surface area contributed by atoms with E-state index in [-0.39, 0.29) is 0 Å². The second-order valence-electron chi connectivity index (χ2n) is 4.33. The Bertz CT molecular complexity index is 402. The lowest BCUT2D eigenvalue weighted by atomic mass is 9.94. The molecule has 0 aliphatic rings. The summed E-state index contributed by atoms with van der Waals surface area (Å²) in [5, 5.41) is 8.62. The van der Waals surface area contributed by atoms with E-state index in [1.54, 1.807) is 7.11 Å². The standard InChI is InChI=1S/C14H19NO/c1-10(2)13-9-12(6-5-7-15)11(3)8-14(13)16-4/h8-10H,5-6H2,1-4H3. The van der Waals surface area contributed by atoms with Gasteiger partial charge >= 0.3 is 0 Å². The van der Waals surface area contributed by atoms with Crippen molar-refractivity contribution >= 4 is 0 Å². The summed E-state index contributed by atoms with van der Waals surface area (Å²) in [6, 6.07) is 6.44. The Kier molecular flexibility index (Phi) is 4.37. The largest absolute Gasteiger partial charge is 0.496 e. The van der Waals surface area contributed by atoms with Crippen LogP contribution in [0.2, 0.25) is 0 Å². The number of nitrogens with zero attached hydrogens (tertiary/aromatic N) is 1. The second-order valence-corrected chi connectivity index (χ2v) is 4.33. The predicted molar refractivity (Wildman–Crippen MR) is 65.8 cm³/mol. The topological polar surface area (TPSA) is 33.0 Å². The van der Waals surface area contributed by atoms with Crippen LogP contribution in [0.4, 0.5) is 0 Å². The van der Waals surface area contributed by atoms with Crippen LogP contribution in [0.3, 0.4) is 0 Å². The van der Waals surface area contributed by atoms with Crippen molar-refractivity contribution in [3.05, 3.63) is 28.8 Å². The summed E-state index contributed by atoms with van der Waals surface area (Å²) in [5.74, 6) is 1.39. The molecule has 0 fully saturated rings. The van der Waals surface area contributed by atoms with E-state index >= 15 is 0 Å². The molecular formula is C14H19NO. The third-order valence-corrected chi connectivity index (χ3v) is 2.82. The van der Waals surface area contributed by atoms with Gasteiger partial charge in [-0.2, -0.15) is 5.26 Å². The van der Waals surface area contributed by atoms with E-state index in [1.807, 2.05) is 0 Å². The van der Waals surface area contributed by atoms with Gasteiger partial charge in [0.15, 0.2) is 0 Å². The number of nitriles is 1. The number of methoxy groups -OCH3 is 1. The smallest absolute Gasteiger partial charge is 0.122 e. The van der Waals surface area contributed by atoms with Crippen LogP contribution in [-0.4, -0.2) is 7.11 Å². The molecule has 0 bridgehead atoms. The van der Waals surface area contributed by atoms with E-state index in [4.69, 9.17) is 10.00 Å². The Balaban J connectivity index is 3.12. The molecule has 0 saturated heterocycles. The van der Waals surface area contributed by atoms with Crippen molar-refractivity contribution < 1.29 is 4.74 Å². The number of hydrogen-bond donors (Lipinski definition) is 0. The number of aryl methyl sites for hydroxylation is 2. The van der Waals surface area contributed by atoms with Crippen LogP contribution in [0.15, 0.2) is 12.1 Å². The van der Waals surface area contributed by atoms with Gasteiger partial charge in [-0.05, 0) is 42.0 Å². The zero-order valence-electron chi connectivity index (χ0n) is 10.5. The van der Waals surface area contributed by atoms with Crippen molar-refractivity contribution in [2.24, 2.45) is 0 Å². The van der Waals surface area contributed by atoms with Crippen molar-refractivity contribution in [2.45, 2.75) is 39.5 Å². The molecule has 1 rings (SSSR count). The van der Waals surface area contributed by atoms with Crippen molar-refractivity contribution in [1.29, 1.82) is 5.26 Å². The minimum Gasteiger partial charge on any atom is -0.496 e. The number of benzene rings is 1. The van der Waals surface area contributed by atoms with Crippen LogP contribution in [0.5, 0.6) is 5.75 Å². The normalized spacial score (nSPS) is 10.2. The van der Waals surface area contributed by atoms with Crippen LogP contribution in [0.1, 0.15) is 42.9 Å². The predicted octanol–water partition coefficient (Wildman–Crippen LogP) is 3.58. The third-order valence-electron chi connectivity index (χ3n) is 2.82. The van der Waals surface area contributed by atoms with E-state index in [2.05, 4.69) is 39.0 Å². The van der Waals surface area contributed by atoms with Gasteiger partial charge in [-0.25, -0.2) is 0 Å². The highest BCUT2D eigenvalue weighted by atomic mass is 16.5. The van der Waals surface area contributed by atoms with Crippen molar-refractivity contribution in [1.82, 2.24) is 0 Å². The number of hydrogen-bond acceptors (Lipinski definition) is 2. The molecule has 0 N–H and O–H groups in total. The quantitative estimate of drug-likeness (QED) is 0.772. The summed E-state index contributed by atoms with van der Waals surface area (Å²) in [5.41, 5.74) is 3.68. The fourth-order valence-corrected chi connectivity index (χ4v) is 1.83. The Morgan fingerprint density at radius 1 is 1.38 bits per heavy atom. The van der Waals surface area contributed by atoms with Crippen LogP contribution in [0.25, 0.3) is 0 Å². The molecule has 0 spiro atoms. The first kappa shape index (κ1) is 12.6. The summed E-state index contributed by atoms with van der Waals surface area (Å²) in [6.07, 6.45) is 1.40. The first-order chi connectivity index (χ1) is 7.60. The monoisotopic (exact) mass is 217 g/mol. The first-order valence-electron chi connectivity index (χ1n) is 5.64. The summed E-state index contributed by atoms with van der Waals surface area (Å²) < 4.78 is 5.38. The molecule has 0 heterocycles. The molecule has 0 radical (unpaired) electrons. The van der Waals surface area contributed by atoms with Gasteiger partial charge in [0.05, 0.1) is 13.2 Å². The lowest BCUT2D eigenvalue weighted by Crippen LogP contribution is -1.99. The minimum absolute atomic E-state index is 0.441. The van der Waals surface area contributed by atoms with Crippen LogP contribution < -0.4 is 4.74 Å². The van der Waals surface area contributed by atoms with E-state index in [0.29, 0.717) is 12.3 Å². The molecule has 1 aromatic carbocycles. The molecule has 0 saturated carbocycles. The summed E-state index contributed by atoms with van der Waals surface area (Å²) in [7, 11) is 1.70. The molecule has 0 aliphatic heterocycles. The highest BCUT2D eigenvalue weighted by Crippen LogP contribution is 2.29. The molecule has 2 heteroatoms. The second kappa shape index (κ2) is 5.55. The van der Waals surface area contributed by atoms with E-state index in [0.717, 1.165) is 12.2 Å². The average Bonchev–Trinajstić information content (AvgIpc) is 2.26. The zero-order valence-corrected chi connectivity index (χ0v) is 10.5. The number of rotatable bonds is 4. The Labute approximate surface area is 97.9 Å². The van der Waals surface area contributed by atoms with Gasteiger partial charge in [0, 0.05) is 6.42 Å². The van der Waals surface area contributed by atoms with Crippen molar-refractivity contribution in [3.8, 4) is 11.8 Å². The average molecular weight is 217 g/mol. The molecule has 0 aromatic heterocycles. The Morgan fingerprint density at radius 2 is 2.06 bits per heavy atom. The van der Waals surface area contributed by atoms with Crippen LogP contribution in [-0.2, 0) is 6.42 Å². The molecule has 16 heavy (non-hydrogen) atoms. The molecule has 0 unspecified atom stereocenters. The van der Waals surface area contributed by atoms with Gasteiger partial charge in [-0.3, -0.25) is 0 Å². The fourth-order valence-electron chi connectivity index (χ4n) is 1.83. The Morgan fingerprint density at radius 3 is 2.56 bits per heavy atom. The maximum absolute atomic E-state index is 8.62. The Hall–Kier alpha value is -1.49. The van der Waals surface area contributed by atoms with Crippen LogP contribution in [0, 0.1) is 18.3 Å². The molecule has 2 nitrogen and oxygen atoms in total. The molecule has 0 aliphatic carbocycles. The molecule has 0 amide bonds. The SMILES string of the molecule is COc1cc(C)c(CCC#N)cc1C(C)C. The minimum atomic E-state index is 0.441. The van der Waals surface area contributed by atoms with Gasteiger partial charge in [0.25, 0.3) is 0 Å². The molecule has 86 valence electrons. The molecule has 0 atom stereocenters. The van der Waals surface area contributed by atoms with Crippen molar-refractivity contribution in [2.75, 3.05) is 7.11 Å². The maximum atomic E-state index is 8.62. The summed E-state index contributed by atoms with van der Waals surface area (Å²) >= 11 is 0. The van der Waals surface area contributed by atoms with Crippen molar-refractivity contribution in [3.63, 3.8) is 0 Å².